The van der Waals surface area contributed by atoms with Gasteiger partial charge in [0.15, 0.2) is 0 Å². The minimum atomic E-state index is -0.830. The molecule has 2 rings (SSSR count). The Hall–Kier alpha value is -1.46. The van der Waals surface area contributed by atoms with Gasteiger partial charge < -0.3 is 0 Å². The van der Waals surface area contributed by atoms with Gasteiger partial charge in [-0.05, 0) is 19.9 Å². The zero-order valence-electron chi connectivity index (χ0n) is 10.7. The predicted molar refractivity (Wildman–Crippen MR) is 69.0 cm³/mol. The van der Waals surface area contributed by atoms with Crippen LogP contribution in [0.15, 0.2) is 18.2 Å². The van der Waals surface area contributed by atoms with Gasteiger partial charge in [0.1, 0.15) is 5.82 Å². The number of imide groups is 1. The van der Waals surface area contributed by atoms with E-state index in [4.69, 9.17) is 11.6 Å². The first-order valence-electron chi connectivity index (χ1n) is 5.85. The largest absolute Gasteiger partial charge is 0.295 e. The lowest BCUT2D eigenvalue weighted by molar-refractivity contribution is -0.153. The Morgan fingerprint density at radius 2 is 2.11 bits per heavy atom. The van der Waals surface area contributed by atoms with Crippen LogP contribution in [0, 0.1) is 5.82 Å². The molecule has 0 bridgehead atoms. The van der Waals surface area contributed by atoms with Gasteiger partial charge in [-0.1, -0.05) is 23.7 Å². The van der Waals surface area contributed by atoms with Crippen LogP contribution < -0.4 is 5.32 Å². The zero-order valence-corrected chi connectivity index (χ0v) is 11.4. The average Bonchev–Trinajstić information content (AvgIpc) is 2.35. The molecule has 0 saturated carbocycles. The Morgan fingerprint density at radius 3 is 2.79 bits per heavy atom. The Labute approximate surface area is 115 Å². The molecule has 0 unspecified atom stereocenters. The topological polar surface area (TPSA) is 49.4 Å². The molecule has 0 spiro atoms. The summed E-state index contributed by atoms with van der Waals surface area (Å²) in [6.07, 6.45) is 0. The van der Waals surface area contributed by atoms with Gasteiger partial charge in [-0.3, -0.25) is 19.8 Å². The lowest BCUT2D eigenvalue weighted by Gasteiger charge is -2.36. The summed E-state index contributed by atoms with van der Waals surface area (Å²) >= 11 is 5.68. The Balaban J connectivity index is 2.28. The number of rotatable bonds is 2. The van der Waals surface area contributed by atoms with E-state index >= 15 is 0 Å². The number of benzene rings is 1. The van der Waals surface area contributed by atoms with Gasteiger partial charge in [0.25, 0.3) is 0 Å². The maximum absolute atomic E-state index is 13.8. The Kier molecular flexibility index (Phi) is 3.60. The van der Waals surface area contributed by atoms with E-state index < -0.39 is 11.4 Å². The third-order valence-corrected chi connectivity index (χ3v) is 3.41. The van der Waals surface area contributed by atoms with E-state index in [1.807, 2.05) is 0 Å². The van der Waals surface area contributed by atoms with Crippen molar-refractivity contribution in [1.82, 2.24) is 10.2 Å². The maximum Gasteiger partial charge on any atom is 0.249 e. The summed E-state index contributed by atoms with van der Waals surface area (Å²) in [5.41, 5.74) is -0.602. The van der Waals surface area contributed by atoms with Gasteiger partial charge in [-0.25, -0.2) is 4.39 Å². The molecule has 1 aromatic carbocycles. The number of amides is 2. The van der Waals surface area contributed by atoms with Crippen LogP contribution in [0.2, 0.25) is 5.02 Å². The van der Waals surface area contributed by atoms with Crippen LogP contribution >= 0.6 is 11.6 Å². The molecule has 0 aromatic heterocycles. The van der Waals surface area contributed by atoms with Crippen LogP contribution in [0.25, 0.3) is 0 Å². The van der Waals surface area contributed by atoms with Crippen LogP contribution in [0.4, 0.5) is 4.39 Å². The van der Waals surface area contributed by atoms with E-state index in [-0.39, 0.29) is 35.5 Å². The van der Waals surface area contributed by atoms with E-state index in [1.165, 1.54) is 12.1 Å². The normalized spacial score (nSPS) is 18.8. The minimum Gasteiger partial charge on any atom is -0.295 e. The molecule has 0 atom stereocenters. The lowest BCUT2D eigenvalue weighted by atomic mass is 10.00. The summed E-state index contributed by atoms with van der Waals surface area (Å²) in [6, 6.07) is 4.52. The van der Waals surface area contributed by atoms with Gasteiger partial charge in [-0.15, -0.1) is 0 Å². The molecule has 2 amide bonds. The SMILES string of the molecule is CC1(C)NCC(=O)N(Cc2cccc(Cl)c2F)C1=O. The molecule has 1 aliphatic rings. The van der Waals surface area contributed by atoms with E-state index in [9.17, 15) is 14.0 Å². The molecule has 4 nitrogen and oxygen atoms in total. The summed E-state index contributed by atoms with van der Waals surface area (Å²) < 4.78 is 13.8. The van der Waals surface area contributed by atoms with E-state index in [1.54, 1.807) is 19.9 Å². The summed E-state index contributed by atoms with van der Waals surface area (Å²) in [4.78, 5) is 25.0. The molecule has 19 heavy (non-hydrogen) atoms. The smallest absolute Gasteiger partial charge is 0.249 e. The minimum absolute atomic E-state index is 0.0215. The predicted octanol–water partition coefficient (Wildman–Crippen LogP) is 1.72. The van der Waals surface area contributed by atoms with Gasteiger partial charge in [0, 0.05) is 5.56 Å². The van der Waals surface area contributed by atoms with Gasteiger partial charge in [0.2, 0.25) is 11.8 Å². The van der Waals surface area contributed by atoms with Crippen molar-refractivity contribution >= 4 is 23.4 Å². The molecule has 1 aliphatic heterocycles. The van der Waals surface area contributed by atoms with Crippen molar-refractivity contribution in [2.75, 3.05) is 6.54 Å². The molecule has 1 aromatic rings. The fourth-order valence-electron chi connectivity index (χ4n) is 1.92. The van der Waals surface area contributed by atoms with Crippen molar-refractivity contribution in [2.24, 2.45) is 0 Å². The number of halogens is 2. The summed E-state index contributed by atoms with van der Waals surface area (Å²) in [5, 5.41) is 2.82. The summed E-state index contributed by atoms with van der Waals surface area (Å²) in [6.45, 7) is 3.32. The van der Waals surface area contributed by atoms with E-state index in [0.29, 0.717) is 0 Å². The highest BCUT2D eigenvalue weighted by Crippen LogP contribution is 2.22. The van der Waals surface area contributed by atoms with Crippen molar-refractivity contribution < 1.29 is 14.0 Å². The molecule has 1 fully saturated rings. The first-order valence-corrected chi connectivity index (χ1v) is 6.23. The monoisotopic (exact) mass is 284 g/mol. The van der Waals surface area contributed by atoms with E-state index in [2.05, 4.69) is 5.32 Å². The third kappa shape index (κ3) is 2.62. The second-order valence-electron chi connectivity index (χ2n) is 4.98. The first kappa shape index (κ1) is 14.0. The fraction of sp³-hybridized carbons (Fsp3) is 0.385. The maximum atomic E-state index is 13.8. The molecule has 1 N–H and O–H groups in total. The molecular formula is C13H14ClFN2O2. The molecule has 6 heteroatoms. The van der Waals surface area contributed by atoms with Crippen LogP contribution in [0.5, 0.6) is 0 Å². The Bertz CT molecular complexity index is 545. The molecule has 1 saturated heterocycles. The van der Waals surface area contributed by atoms with Crippen molar-refractivity contribution in [3.8, 4) is 0 Å². The molecule has 0 aliphatic carbocycles. The van der Waals surface area contributed by atoms with Crippen LogP contribution in [-0.2, 0) is 16.1 Å². The highest BCUT2D eigenvalue weighted by molar-refractivity contribution is 6.30. The number of hydrogen-bond donors (Lipinski definition) is 1. The van der Waals surface area contributed by atoms with Crippen molar-refractivity contribution in [2.45, 2.75) is 25.9 Å². The number of nitrogens with one attached hydrogen (secondary N) is 1. The first-order chi connectivity index (χ1) is 8.83. The lowest BCUT2D eigenvalue weighted by Crippen LogP contribution is -2.63. The van der Waals surface area contributed by atoms with Crippen LogP contribution in [-0.4, -0.2) is 28.8 Å². The number of carbonyl (C=O) groups excluding carboxylic acids is 2. The second kappa shape index (κ2) is 4.90. The second-order valence-corrected chi connectivity index (χ2v) is 5.38. The Morgan fingerprint density at radius 1 is 1.42 bits per heavy atom. The number of piperazine rings is 1. The highest BCUT2D eigenvalue weighted by Gasteiger charge is 2.39. The third-order valence-electron chi connectivity index (χ3n) is 3.12. The summed E-state index contributed by atoms with van der Waals surface area (Å²) in [7, 11) is 0. The number of carbonyl (C=O) groups is 2. The van der Waals surface area contributed by atoms with Crippen molar-refractivity contribution in [3.63, 3.8) is 0 Å². The fourth-order valence-corrected chi connectivity index (χ4v) is 2.11. The molecule has 1 heterocycles. The van der Waals surface area contributed by atoms with Crippen molar-refractivity contribution in [3.05, 3.63) is 34.6 Å². The molecule has 0 radical (unpaired) electrons. The quantitative estimate of drug-likeness (QED) is 0.841. The van der Waals surface area contributed by atoms with Gasteiger partial charge in [-0.2, -0.15) is 0 Å². The van der Waals surface area contributed by atoms with Crippen molar-refractivity contribution in [1.29, 1.82) is 0 Å². The zero-order chi connectivity index (χ0) is 14.2. The molecule has 102 valence electrons. The summed E-state index contributed by atoms with van der Waals surface area (Å²) in [5.74, 6) is -1.34. The van der Waals surface area contributed by atoms with Crippen LogP contribution in [0.1, 0.15) is 19.4 Å². The van der Waals surface area contributed by atoms with Gasteiger partial charge >= 0.3 is 0 Å². The standard InChI is InChI=1S/C13H14ClFN2O2/c1-13(2)12(19)17(10(18)6-16-13)7-8-4-3-5-9(14)11(8)15/h3-5,16H,6-7H2,1-2H3. The van der Waals surface area contributed by atoms with Crippen LogP contribution in [0.3, 0.4) is 0 Å². The van der Waals surface area contributed by atoms with Gasteiger partial charge in [0.05, 0.1) is 23.7 Å². The number of nitrogens with zero attached hydrogens (tertiary/aromatic N) is 1. The highest BCUT2D eigenvalue weighted by atomic mass is 35.5. The number of hydrogen-bond acceptors (Lipinski definition) is 3. The molecular weight excluding hydrogens is 271 g/mol. The van der Waals surface area contributed by atoms with E-state index in [0.717, 1.165) is 4.90 Å². The average molecular weight is 285 g/mol.